The van der Waals surface area contributed by atoms with Crippen molar-refractivity contribution in [3.63, 3.8) is 0 Å². The van der Waals surface area contributed by atoms with Crippen molar-refractivity contribution < 1.29 is 27.8 Å². The molecule has 5 nitrogen and oxygen atoms in total. The van der Waals surface area contributed by atoms with Gasteiger partial charge in [0.2, 0.25) is 5.91 Å². The second-order valence-electron chi connectivity index (χ2n) is 9.74. The van der Waals surface area contributed by atoms with Crippen molar-refractivity contribution in [1.82, 2.24) is 0 Å². The predicted molar refractivity (Wildman–Crippen MR) is 144 cm³/mol. The lowest BCUT2D eigenvalue weighted by Gasteiger charge is -2.36. The summed E-state index contributed by atoms with van der Waals surface area (Å²) in [6.07, 6.45) is 0.856. The fraction of sp³-hybridized carbons (Fsp3) is 0.300. The SMILES string of the molecule is COc1ccc(CN2C(=O)CCc3c(C#CC4(O)CCN(c5c(F)cc(Cl)cc5F)CC4)ccc(F)c32)cc1. The van der Waals surface area contributed by atoms with E-state index in [2.05, 4.69) is 11.8 Å². The van der Waals surface area contributed by atoms with Gasteiger partial charge >= 0.3 is 0 Å². The van der Waals surface area contributed by atoms with Gasteiger partial charge in [0.1, 0.15) is 22.9 Å². The fourth-order valence-corrected chi connectivity index (χ4v) is 5.28. The molecule has 2 aliphatic rings. The molecule has 0 aliphatic carbocycles. The maximum atomic E-state index is 15.1. The van der Waals surface area contributed by atoms with Gasteiger partial charge in [0.25, 0.3) is 0 Å². The van der Waals surface area contributed by atoms with Gasteiger partial charge in [-0.15, -0.1) is 0 Å². The van der Waals surface area contributed by atoms with Crippen molar-refractivity contribution in [2.45, 2.75) is 37.8 Å². The Bertz CT molecular complexity index is 1450. The van der Waals surface area contributed by atoms with Gasteiger partial charge in [-0.2, -0.15) is 0 Å². The lowest BCUT2D eigenvalue weighted by atomic mass is 9.90. The number of nitrogens with zero attached hydrogens (tertiary/aromatic N) is 2. The average molecular weight is 555 g/mol. The number of ether oxygens (including phenoxy) is 1. The van der Waals surface area contributed by atoms with Gasteiger partial charge in [-0.05, 0) is 53.9 Å². The highest BCUT2D eigenvalue weighted by Gasteiger charge is 2.33. The molecule has 0 unspecified atom stereocenters. The zero-order valence-corrected chi connectivity index (χ0v) is 22.0. The molecule has 2 heterocycles. The first kappa shape index (κ1) is 26.9. The number of amides is 1. The van der Waals surface area contributed by atoms with Crippen LogP contribution in [0, 0.1) is 29.3 Å². The van der Waals surface area contributed by atoms with E-state index in [9.17, 15) is 18.7 Å². The number of fused-ring (bicyclic) bond motifs is 1. The molecule has 1 fully saturated rings. The molecule has 1 saturated heterocycles. The molecule has 5 rings (SSSR count). The number of anilines is 2. The zero-order chi connectivity index (χ0) is 27.7. The third-order valence-electron chi connectivity index (χ3n) is 7.21. The molecule has 9 heteroatoms. The highest BCUT2D eigenvalue weighted by molar-refractivity contribution is 6.30. The normalized spacial score (nSPS) is 16.4. The third-order valence-corrected chi connectivity index (χ3v) is 7.43. The number of aliphatic hydroxyl groups is 1. The highest BCUT2D eigenvalue weighted by atomic mass is 35.5. The Morgan fingerprint density at radius 3 is 2.28 bits per heavy atom. The first-order chi connectivity index (χ1) is 18.7. The Hall–Kier alpha value is -3.67. The van der Waals surface area contributed by atoms with E-state index in [0.717, 1.165) is 17.7 Å². The molecule has 0 saturated carbocycles. The van der Waals surface area contributed by atoms with Crippen molar-refractivity contribution >= 4 is 28.9 Å². The fourth-order valence-electron chi connectivity index (χ4n) is 5.09. The minimum absolute atomic E-state index is 0.0278. The molecule has 1 amide bonds. The molecule has 1 N–H and O–H groups in total. The van der Waals surface area contributed by atoms with E-state index in [4.69, 9.17) is 16.3 Å². The van der Waals surface area contributed by atoms with Crippen LogP contribution >= 0.6 is 11.6 Å². The standard InChI is InChI=1S/C30H26ClF3N2O3/c1-39-22-5-2-19(3-6-22)18-36-27(37)9-7-23-20(4-8-24(32)28(23)36)10-11-30(38)12-14-35(15-13-30)29-25(33)16-21(31)17-26(29)34/h2-6,8,16-17,38H,7,9,12-15,18H2,1H3. The molecule has 0 aromatic heterocycles. The molecule has 39 heavy (non-hydrogen) atoms. The van der Waals surface area contributed by atoms with Gasteiger partial charge < -0.3 is 19.6 Å². The number of carbonyl (C=O) groups is 1. The van der Waals surface area contributed by atoms with Crippen LogP contribution in [0.2, 0.25) is 5.02 Å². The van der Waals surface area contributed by atoms with Crippen LogP contribution in [0.1, 0.15) is 36.0 Å². The van der Waals surface area contributed by atoms with E-state index in [1.54, 1.807) is 25.3 Å². The second kappa shape index (κ2) is 10.8. The summed E-state index contributed by atoms with van der Waals surface area (Å²) in [5.74, 6) is 4.37. The Morgan fingerprint density at radius 1 is 0.974 bits per heavy atom. The summed E-state index contributed by atoms with van der Waals surface area (Å²) in [4.78, 5) is 15.8. The monoisotopic (exact) mass is 554 g/mol. The van der Waals surface area contributed by atoms with E-state index in [0.29, 0.717) is 23.3 Å². The molecule has 3 aromatic rings. The number of hydrogen-bond donors (Lipinski definition) is 1. The minimum Gasteiger partial charge on any atom is -0.497 e. The zero-order valence-electron chi connectivity index (χ0n) is 21.2. The lowest BCUT2D eigenvalue weighted by molar-refractivity contribution is -0.119. The quantitative estimate of drug-likeness (QED) is 0.425. The van der Waals surface area contributed by atoms with Gasteiger partial charge in [0, 0.05) is 42.9 Å². The summed E-state index contributed by atoms with van der Waals surface area (Å²) in [5, 5.41) is 11.1. The number of rotatable bonds is 4. The maximum absolute atomic E-state index is 15.1. The molecule has 0 bridgehead atoms. The van der Waals surface area contributed by atoms with Crippen LogP contribution < -0.4 is 14.5 Å². The van der Waals surface area contributed by atoms with Crippen molar-refractivity contribution in [3.05, 3.63) is 87.7 Å². The lowest BCUT2D eigenvalue weighted by Crippen LogP contribution is -2.44. The first-order valence-corrected chi connectivity index (χ1v) is 12.9. The highest BCUT2D eigenvalue weighted by Crippen LogP contribution is 2.35. The maximum Gasteiger partial charge on any atom is 0.227 e. The summed E-state index contributed by atoms with van der Waals surface area (Å²) in [7, 11) is 1.57. The van der Waals surface area contributed by atoms with Crippen LogP contribution in [-0.2, 0) is 17.8 Å². The van der Waals surface area contributed by atoms with Gasteiger partial charge in [-0.3, -0.25) is 4.79 Å². The molecule has 3 aromatic carbocycles. The molecule has 2 aliphatic heterocycles. The Balaban J connectivity index is 1.37. The van der Waals surface area contributed by atoms with Crippen LogP contribution in [0.15, 0.2) is 48.5 Å². The molecule has 0 radical (unpaired) electrons. The van der Waals surface area contributed by atoms with Crippen LogP contribution in [0.4, 0.5) is 24.5 Å². The predicted octanol–water partition coefficient (Wildman–Crippen LogP) is 5.63. The van der Waals surface area contributed by atoms with Crippen molar-refractivity contribution in [1.29, 1.82) is 0 Å². The second-order valence-corrected chi connectivity index (χ2v) is 10.2. The van der Waals surface area contributed by atoms with Gasteiger partial charge in [0.05, 0.1) is 19.3 Å². The molecular formula is C30H26ClF3N2O3. The molecular weight excluding hydrogens is 529 g/mol. The van der Waals surface area contributed by atoms with Crippen LogP contribution in [-0.4, -0.2) is 36.8 Å². The third kappa shape index (κ3) is 5.56. The minimum atomic E-state index is -1.38. The van der Waals surface area contributed by atoms with Gasteiger partial charge in [-0.25, -0.2) is 13.2 Å². The smallest absolute Gasteiger partial charge is 0.227 e. The van der Waals surface area contributed by atoms with Crippen LogP contribution in [0.3, 0.4) is 0 Å². The molecule has 0 spiro atoms. The Kier molecular flexibility index (Phi) is 7.48. The van der Waals surface area contributed by atoms with E-state index in [1.807, 2.05) is 12.1 Å². The largest absolute Gasteiger partial charge is 0.497 e. The number of hydrogen-bond acceptors (Lipinski definition) is 4. The average Bonchev–Trinajstić information content (AvgIpc) is 2.91. The number of benzene rings is 3. The van der Waals surface area contributed by atoms with E-state index in [-0.39, 0.29) is 61.2 Å². The van der Waals surface area contributed by atoms with Crippen molar-refractivity contribution in [2.24, 2.45) is 0 Å². The van der Waals surface area contributed by atoms with E-state index >= 15 is 4.39 Å². The van der Waals surface area contributed by atoms with Gasteiger partial charge in [0.15, 0.2) is 11.6 Å². The summed E-state index contributed by atoms with van der Waals surface area (Å²) >= 11 is 5.73. The van der Waals surface area contributed by atoms with Crippen LogP contribution in [0.25, 0.3) is 0 Å². The summed E-state index contributed by atoms with van der Waals surface area (Å²) in [5.41, 5.74) is 0.603. The number of methoxy groups -OCH3 is 1. The first-order valence-electron chi connectivity index (χ1n) is 12.6. The Morgan fingerprint density at radius 2 is 1.64 bits per heavy atom. The Labute approximate surface area is 229 Å². The van der Waals surface area contributed by atoms with E-state index < -0.39 is 23.1 Å². The topological polar surface area (TPSA) is 53.0 Å². The van der Waals surface area contributed by atoms with Crippen molar-refractivity contribution in [3.8, 4) is 17.6 Å². The summed E-state index contributed by atoms with van der Waals surface area (Å²) in [6, 6.07) is 12.2. The number of piperidine rings is 1. The summed E-state index contributed by atoms with van der Waals surface area (Å²) in [6.45, 7) is 0.569. The van der Waals surface area contributed by atoms with Crippen LogP contribution in [0.5, 0.6) is 5.75 Å². The van der Waals surface area contributed by atoms with E-state index in [1.165, 1.54) is 15.9 Å². The molecule has 202 valence electrons. The number of halogens is 4. The van der Waals surface area contributed by atoms with Crippen molar-refractivity contribution in [2.75, 3.05) is 30.0 Å². The number of carbonyl (C=O) groups excluding carboxylic acids is 1. The molecule has 0 atom stereocenters. The van der Waals surface area contributed by atoms with Gasteiger partial charge in [-0.1, -0.05) is 35.6 Å². The summed E-state index contributed by atoms with van der Waals surface area (Å²) < 4.78 is 49.0.